The largest absolute Gasteiger partial charge is 0.311 e. The molecule has 0 radical (unpaired) electrons. The molecule has 1 aromatic rings. The molecule has 0 spiro atoms. The molecule has 16 heavy (non-hydrogen) atoms. The predicted molar refractivity (Wildman–Crippen MR) is 68.8 cm³/mol. The number of hydrogen-bond donors (Lipinski definition) is 1. The van der Waals surface area contributed by atoms with Gasteiger partial charge < -0.3 is 5.32 Å². The molecule has 1 saturated heterocycles. The van der Waals surface area contributed by atoms with E-state index in [1.807, 2.05) is 0 Å². The zero-order chi connectivity index (χ0) is 11.4. The lowest BCUT2D eigenvalue weighted by Crippen LogP contribution is -2.55. The van der Waals surface area contributed by atoms with Gasteiger partial charge in [-0.1, -0.05) is 30.3 Å². The lowest BCUT2D eigenvalue weighted by atomic mass is 10.1. The number of piperazine rings is 1. The third-order valence-electron chi connectivity index (χ3n) is 3.13. The summed E-state index contributed by atoms with van der Waals surface area (Å²) in [6.45, 7) is 5.30. The fraction of sp³-hybridized carbons (Fsp3) is 0.538. The molecule has 0 aliphatic carbocycles. The van der Waals surface area contributed by atoms with Crippen molar-refractivity contribution >= 4 is 11.6 Å². The number of halogens is 1. The summed E-state index contributed by atoms with van der Waals surface area (Å²) in [7, 11) is 0. The van der Waals surface area contributed by atoms with E-state index in [4.69, 9.17) is 11.6 Å². The molecule has 0 bridgehead atoms. The Morgan fingerprint density at radius 2 is 2.12 bits per heavy atom. The van der Waals surface area contributed by atoms with Crippen molar-refractivity contribution in [1.82, 2.24) is 10.2 Å². The molecule has 0 amide bonds. The number of nitrogens with zero attached hydrogens (tertiary/aromatic N) is 1. The molecule has 0 aromatic heterocycles. The Balaban J connectivity index is 2.01. The van der Waals surface area contributed by atoms with Crippen LogP contribution in [0.3, 0.4) is 0 Å². The molecule has 2 unspecified atom stereocenters. The maximum absolute atomic E-state index is 6.01. The van der Waals surface area contributed by atoms with Gasteiger partial charge in [0.25, 0.3) is 0 Å². The molecule has 2 nitrogen and oxygen atoms in total. The van der Waals surface area contributed by atoms with Crippen LogP contribution in [0.2, 0.25) is 0 Å². The van der Waals surface area contributed by atoms with Gasteiger partial charge in [0.05, 0.1) is 0 Å². The van der Waals surface area contributed by atoms with Crippen molar-refractivity contribution in [3.05, 3.63) is 35.9 Å². The van der Waals surface area contributed by atoms with E-state index in [1.165, 1.54) is 5.56 Å². The standard InChI is InChI=1S/C13H19ClN2/c1-11-9-16(13(7-14)8-15-11)10-12-5-3-2-4-6-12/h2-6,11,13,15H,7-10H2,1H3. The summed E-state index contributed by atoms with van der Waals surface area (Å²) in [5, 5.41) is 3.47. The number of hydrogen-bond acceptors (Lipinski definition) is 2. The highest BCUT2D eigenvalue weighted by Gasteiger charge is 2.24. The van der Waals surface area contributed by atoms with E-state index < -0.39 is 0 Å². The molecule has 1 heterocycles. The first kappa shape index (κ1) is 11.9. The number of benzene rings is 1. The molecule has 1 N–H and O–H groups in total. The van der Waals surface area contributed by atoms with Gasteiger partial charge in [0.15, 0.2) is 0 Å². The molecule has 0 saturated carbocycles. The lowest BCUT2D eigenvalue weighted by molar-refractivity contribution is 0.141. The van der Waals surface area contributed by atoms with Gasteiger partial charge in [-0.25, -0.2) is 0 Å². The maximum Gasteiger partial charge on any atom is 0.0392 e. The Labute approximate surface area is 103 Å². The Kier molecular flexibility index (Phi) is 4.22. The van der Waals surface area contributed by atoms with E-state index >= 15 is 0 Å². The smallest absolute Gasteiger partial charge is 0.0392 e. The van der Waals surface area contributed by atoms with Crippen LogP contribution >= 0.6 is 11.6 Å². The van der Waals surface area contributed by atoms with Crippen molar-refractivity contribution in [2.75, 3.05) is 19.0 Å². The van der Waals surface area contributed by atoms with Crippen LogP contribution in [0.1, 0.15) is 12.5 Å². The molecule has 2 atom stereocenters. The molecular weight excluding hydrogens is 220 g/mol. The monoisotopic (exact) mass is 238 g/mol. The van der Waals surface area contributed by atoms with Crippen molar-refractivity contribution in [2.45, 2.75) is 25.6 Å². The minimum Gasteiger partial charge on any atom is -0.311 e. The molecule has 1 aliphatic rings. The Morgan fingerprint density at radius 3 is 2.81 bits per heavy atom. The maximum atomic E-state index is 6.01. The molecule has 2 rings (SSSR count). The second kappa shape index (κ2) is 5.67. The zero-order valence-corrected chi connectivity index (χ0v) is 10.5. The van der Waals surface area contributed by atoms with E-state index in [0.29, 0.717) is 18.0 Å². The summed E-state index contributed by atoms with van der Waals surface area (Å²) in [5.41, 5.74) is 1.37. The van der Waals surface area contributed by atoms with Crippen molar-refractivity contribution in [2.24, 2.45) is 0 Å². The SMILES string of the molecule is CC1CN(Cc2ccccc2)C(CCl)CN1. The molecule has 1 aliphatic heterocycles. The van der Waals surface area contributed by atoms with Crippen molar-refractivity contribution in [3.8, 4) is 0 Å². The molecular formula is C13H19ClN2. The highest BCUT2D eigenvalue weighted by atomic mass is 35.5. The Hall–Kier alpha value is -0.570. The van der Waals surface area contributed by atoms with Crippen LogP contribution in [0.5, 0.6) is 0 Å². The number of alkyl halides is 1. The summed E-state index contributed by atoms with van der Waals surface area (Å²) in [6.07, 6.45) is 0. The van der Waals surface area contributed by atoms with E-state index in [0.717, 1.165) is 19.6 Å². The predicted octanol–water partition coefficient (Wildman–Crippen LogP) is 2.09. The van der Waals surface area contributed by atoms with E-state index in [-0.39, 0.29) is 0 Å². The van der Waals surface area contributed by atoms with E-state index in [2.05, 4.69) is 47.5 Å². The van der Waals surface area contributed by atoms with Gasteiger partial charge in [-0.3, -0.25) is 4.90 Å². The topological polar surface area (TPSA) is 15.3 Å². The molecule has 3 heteroatoms. The van der Waals surface area contributed by atoms with Crippen LogP contribution in [0.4, 0.5) is 0 Å². The van der Waals surface area contributed by atoms with Gasteiger partial charge in [-0.2, -0.15) is 0 Å². The highest BCUT2D eigenvalue weighted by Crippen LogP contribution is 2.13. The fourth-order valence-electron chi connectivity index (χ4n) is 2.20. The first-order valence-electron chi connectivity index (χ1n) is 5.87. The van der Waals surface area contributed by atoms with Gasteiger partial charge in [0.1, 0.15) is 0 Å². The minimum absolute atomic E-state index is 0.457. The Morgan fingerprint density at radius 1 is 1.38 bits per heavy atom. The second-order valence-electron chi connectivity index (χ2n) is 4.53. The lowest BCUT2D eigenvalue weighted by Gasteiger charge is -2.38. The van der Waals surface area contributed by atoms with Crippen LogP contribution in [0.15, 0.2) is 30.3 Å². The number of rotatable bonds is 3. The summed E-state index contributed by atoms with van der Waals surface area (Å²) in [6, 6.07) is 11.6. The summed E-state index contributed by atoms with van der Waals surface area (Å²) >= 11 is 6.01. The van der Waals surface area contributed by atoms with Crippen LogP contribution in [-0.4, -0.2) is 36.0 Å². The fourth-order valence-corrected chi connectivity index (χ4v) is 2.50. The highest BCUT2D eigenvalue weighted by molar-refractivity contribution is 6.18. The normalized spacial score (nSPS) is 26.9. The average Bonchev–Trinajstić information content (AvgIpc) is 2.31. The minimum atomic E-state index is 0.457. The zero-order valence-electron chi connectivity index (χ0n) is 9.70. The van der Waals surface area contributed by atoms with Gasteiger partial charge in [-0.05, 0) is 12.5 Å². The van der Waals surface area contributed by atoms with Crippen molar-refractivity contribution in [3.63, 3.8) is 0 Å². The molecule has 88 valence electrons. The average molecular weight is 239 g/mol. The van der Waals surface area contributed by atoms with Crippen LogP contribution < -0.4 is 5.32 Å². The summed E-state index contributed by atoms with van der Waals surface area (Å²) in [5.74, 6) is 0.701. The molecule has 1 fully saturated rings. The van der Waals surface area contributed by atoms with E-state index in [1.54, 1.807) is 0 Å². The summed E-state index contributed by atoms with van der Waals surface area (Å²) < 4.78 is 0. The second-order valence-corrected chi connectivity index (χ2v) is 4.84. The van der Waals surface area contributed by atoms with Gasteiger partial charge >= 0.3 is 0 Å². The van der Waals surface area contributed by atoms with Gasteiger partial charge in [-0.15, -0.1) is 11.6 Å². The van der Waals surface area contributed by atoms with Crippen LogP contribution in [0.25, 0.3) is 0 Å². The Bertz CT molecular complexity index is 315. The third-order valence-corrected chi connectivity index (χ3v) is 3.49. The quantitative estimate of drug-likeness (QED) is 0.812. The van der Waals surface area contributed by atoms with Gasteiger partial charge in [0, 0.05) is 37.6 Å². The van der Waals surface area contributed by atoms with Crippen LogP contribution in [0, 0.1) is 0 Å². The van der Waals surface area contributed by atoms with Crippen molar-refractivity contribution < 1.29 is 0 Å². The number of nitrogens with one attached hydrogen (secondary N) is 1. The summed E-state index contributed by atoms with van der Waals surface area (Å²) in [4.78, 5) is 2.48. The van der Waals surface area contributed by atoms with Crippen LogP contribution in [-0.2, 0) is 6.54 Å². The van der Waals surface area contributed by atoms with E-state index in [9.17, 15) is 0 Å². The molecule has 1 aromatic carbocycles. The third kappa shape index (κ3) is 2.97. The van der Waals surface area contributed by atoms with Crippen molar-refractivity contribution in [1.29, 1.82) is 0 Å². The first-order chi connectivity index (χ1) is 7.79. The van der Waals surface area contributed by atoms with Gasteiger partial charge in [0.2, 0.25) is 0 Å². The first-order valence-corrected chi connectivity index (χ1v) is 6.40.